The summed E-state index contributed by atoms with van der Waals surface area (Å²) in [7, 11) is -4.20. The Morgan fingerprint density at radius 1 is 1.35 bits per heavy atom. The van der Waals surface area contributed by atoms with Crippen LogP contribution in [-0.2, 0) is 14.9 Å². The van der Waals surface area contributed by atoms with Crippen LogP contribution in [0.3, 0.4) is 0 Å². The summed E-state index contributed by atoms with van der Waals surface area (Å²) in [5.74, 6) is -1.33. The third-order valence-electron chi connectivity index (χ3n) is 1.81. The van der Waals surface area contributed by atoms with Crippen molar-refractivity contribution < 1.29 is 27.9 Å². The van der Waals surface area contributed by atoms with Crippen molar-refractivity contribution in [2.24, 2.45) is 0 Å². The van der Waals surface area contributed by atoms with Gasteiger partial charge in [0.2, 0.25) is 0 Å². The highest BCUT2D eigenvalue weighted by atomic mass is 32.2. The summed E-state index contributed by atoms with van der Waals surface area (Å²) in [5, 5.41) is 8.66. The SMILES string of the molecule is CC(C)OC(=O)NS(=O)(=O)Nc1ccc(C(=O)O)cn1. The van der Waals surface area contributed by atoms with E-state index in [-0.39, 0.29) is 11.4 Å². The number of nitrogens with one attached hydrogen (secondary N) is 2. The van der Waals surface area contributed by atoms with Gasteiger partial charge in [0.05, 0.1) is 11.7 Å². The van der Waals surface area contributed by atoms with Crippen molar-refractivity contribution in [2.75, 3.05) is 4.72 Å². The smallest absolute Gasteiger partial charge is 0.422 e. The van der Waals surface area contributed by atoms with E-state index in [2.05, 4.69) is 9.72 Å². The van der Waals surface area contributed by atoms with Gasteiger partial charge in [0.1, 0.15) is 5.82 Å². The molecule has 110 valence electrons. The topological polar surface area (TPSA) is 135 Å². The second-order valence-electron chi connectivity index (χ2n) is 3.90. The molecule has 1 aromatic rings. The van der Waals surface area contributed by atoms with Crippen LogP contribution >= 0.6 is 0 Å². The third-order valence-corrected chi connectivity index (χ3v) is 2.72. The van der Waals surface area contributed by atoms with Crippen molar-refractivity contribution in [2.45, 2.75) is 20.0 Å². The summed E-state index contributed by atoms with van der Waals surface area (Å²) in [6.45, 7) is 3.12. The number of ether oxygens (including phenoxy) is 1. The van der Waals surface area contributed by atoms with Gasteiger partial charge < -0.3 is 9.84 Å². The Bertz CT molecular complexity index is 596. The molecule has 0 saturated carbocycles. The molecule has 0 aliphatic heterocycles. The van der Waals surface area contributed by atoms with Gasteiger partial charge in [0, 0.05) is 6.20 Å². The maximum Gasteiger partial charge on any atom is 0.422 e. The largest absolute Gasteiger partial charge is 0.478 e. The highest BCUT2D eigenvalue weighted by molar-refractivity contribution is 7.91. The van der Waals surface area contributed by atoms with Gasteiger partial charge in [-0.2, -0.15) is 8.42 Å². The minimum atomic E-state index is -4.20. The van der Waals surface area contributed by atoms with Crippen molar-refractivity contribution in [1.82, 2.24) is 9.71 Å². The van der Waals surface area contributed by atoms with E-state index in [9.17, 15) is 18.0 Å². The van der Waals surface area contributed by atoms with Crippen LogP contribution in [0.15, 0.2) is 18.3 Å². The van der Waals surface area contributed by atoms with Crippen molar-refractivity contribution in [3.63, 3.8) is 0 Å². The number of nitrogens with zero attached hydrogens (tertiary/aromatic N) is 1. The summed E-state index contributed by atoms with van der Waals surface area (Å²) in [6, 6.07) is 2.32. The Kier molecular flexibility index (Phi) is 4.86. The molecule has 0 radical (unpaired) electrons. The molecule has 0 bridgehead atoms. The maximum atomic E-state index is 11.5. The Morgan fingerprint density at radius 3 is 2.45 bits per heavy atom. The number of rotatable bonds is 5. The molecule has 20 heavy (non-hydrogen) atoms. The molecule has 0 saturated heterocycles. The lowest BCUT2D eigenvalue weighted by Crippen LogP contribution is -2.37. The van der Waals surface area contributed by atoms with E-state index in [0.29, 0.717) is 0 Å². The van der Waals surface area contributed by atoms with Gasteiger partial charge in [-0.1, -0.05) is 0 Å². The molecule has 0 aliphatic carbocycles. The molecule has 0 unspecified atom stereocenters. The lowest BCUT2D eigenvalue weighted by atomic mass is 10.3. The van der Waals surface area contributed by atoms with Crippen molar-refractivity contribution in [1.29, 1.82) is 0 Å². The monoisotopic (exact) mass is 303 g/mol. The Morgan fingerprint density at radius 2 is 2.00 bits per heavy atom. The zero-order valence-corrected chi connectivity index (χ0v) is 11.5. The summed E-state index contributed by atoms with van der Waals surface area (Å²) in [4.78, 5) is 25.3. The van der Waals surface area contributed by atoms with Gasteiger partial charge in [-0.15, -0.1) is 0 Å². The second kappa shape index (κ2) is 6.19. The predicted octanol–water partition coefficient (Wildman–Crippen LogP) is 0.571. The van der Waals surface area contributed by atoms with E-state index in [1.54, 1.807) is 18.6 Å². The number of pyridine rings is 1. The molecule has 0 spiro atoms. The van der Waals surface area contributed by atoms with Crippen LogP contribution in [0.1, 0.15) is 24.2 Å². The van der Waals surface area contributed by atoms with Gasteiger partial charge in [0.25, 0.3) is 0 Å². The van der Waals surface area contributed by atoms with Crippen molar-refractivity contribution >= 4 is 28.1 Å². The van der Waals surface area contributed by atoms with E-state index in [1.165, 1.54) is 6.07 Å². The minimum Gasteiger partial charge on any atom is -0.478 e. The lowest BCUT2D eigenvalue weighted by molar-refractivity contribution is 0.0696. The molecule has 10 heteroatoms. The van der Waals surface area contributed by atoms with Crippen LogP contribution in [-0.4, -0.2) is 36.7 Å². The number of aromatic carboxylic acids is 1. The minimum absolute atomic E-state index is 0.0971. The fourth-order valence-electron chi connectivity index (χ4n) is 1.09. The van der Waals surface area contributed by atoms with Crippen molar-refractivity contribution in [3.8, 4) is 0 Å². The number of carboxylic acids is 1. The van der Waals surface area contributed by atoms with Crippen LogP contribution in [0.2, 0.25) is 0 Å². The van der Waals surface area contributed by atoms with E-state index in [4.69, 9.17) is 5.11 Å². The van der Waals surface area contributed by atoms with Crippen LogP contribution in [0, 0.1) is 0 Å². The summed E-state index contributed by atoms with van der Waals surface area (Å²) in [5.41, 5.74) is -0.0971. The fourth-order valence-corrected chi connectivity index (χ4v) is 1.81. The average molecular weight is 303 g/mol. The molecule has 1 rings (SSSR count). The molecular formula is C10H13N3O6S. The Labute approximate surface area is 115 Å². The number of amides is 1. The first-order chi connectivity index (χ1) is 9.19. The second-order valence-corrected chi connectivity index (χ2v) is 5.31. The van der Waals surface area contributed by atoms with Crippen LogP contribution in [0.5, 0.6) is 0 Å². The number of hydrogen-bond donors (Lipinski definition) is 3. The Hall–Kier alpha value is -2.36. The molecule has 0 fully saturated rings. The van der Waals surface area contributed by atoms with Gasteiger partial charge in [-0.05, 0) is 26.0 Å². The van der Waals surface area contributed by atoms with Crippen LogP contribution in [0.25, 0.3) is 0 Å². The molecular weight excluding hydrogens is 290 g/mol. The Balaban J connectivity index is 2.71. The number of aromatic nitrogens is 1. The summed E-state index contributed by atoms with van der Waals surface area (Å²) in [6.07, 6.45) is -0.625. The lowest BCUT2D eigenvalue weighted by Gasteiger charge is -2.11. The first-order valence-corrected chi connectivity index (χ1v) is 6.88. The summed E-state index contributed by atoms with van der Waals surface area (Å²) < 4.78 is 31.2. The molecule has 9 nitrogen and oxygen atoms in total. The number of anilines is 1. The molecule has 0 atom stereocenters. The number of carbonyl (C=O) groups is 2. The van der Waals surface area contributed by atoms with Crippen LogP contribution < -0.4 is 9.44 Å². The first kappa shape index (κ1) is 15.7. The van der Waals surface area contributed by atoms with E-state index in [1.807, 2.05) is 4.72 Å². The molecule has 3 N–H and O–H groups in total. The molecule has 1 aromatic heterocycles. The molecule has 1 heterocycles. The highest BCUT2D eigenvalue weighted by Gasteiger charge is 2.17. The quantitative estimate of drug-likeness (QED) is 0.723. The van der Waals surface area contributed by atoms with E-state index in [0.717, 1.165) is 12.3 Å². The fraction of sp³-hybridized carbons (Fsp3) is 0.300. The maximum absolute atomic E-state index is 11.5. The standard InChI is InChI=1S/C10H13N3O6S/c1-6(2)19-10(16)13-20(17,18)12-8-4-3-7(5-11-8)9(14)15/h3-6H,1-2H3,(H,11,12)(H,13,16)(H,14,15). The molecule has 1 amide bonds. The third kappa shape index (κ3) is 5.10. The van der Waals surface area contributed by atoms with E-state index >= 15 is 0 Å². The van der Waals surface area contributed by atoms with Crippen molar-refractivity contribution in [3.05, 3.63) is 23.9 Å². The zero-order chi connectivity index (χ0) is 15.3. The molecule has 0 aliphatic rings. The normalized spacial score (nSPS) is 10.9. The predicted molar refractivity (Wildman–Crippen MR) is 68.5 cm³/mol. The number of carboxylic acid groups (broad SMARTS) is 1. The van der Waals surface area contributed by atoms with Crippen LogP contribution in [0.4, 0.5) is 10.6 Å². The number of hydrogen-bond acceptors (Lipinski definition) is 6. The zero-order valence-electron chi connectivity index (χ0n) is 10.7. The average Bonchev–Trinajstić information content (AvgIpc) is 2.26. The van der Waals surface area contributed by atoms with E-state index < -0.39 is 28.4 Å². The highest BCUT2D eigenvalue weighted by Crippen LogP contribution is 2.06. The number of carbonyl (C=O) groups excluding carboxylic acids is 1. The van der Waals surface area contributed by atoms with Gasteiger partial charge >= 0.3 is 22.3 Å². The molecule has 0 aromatic carbocycles. The van der Waals surface area contributed by atoms with Gasteiger partial charge in [-0.25, -0.2) is 19.3 Å². The summed E-state index contributed by atoms with van der Waals surface area (Å²) >= 11 is 0. The first-order valence-electron chi connectivity index (χ1n) is 5.40. The van der Waals surface area contributed by atoms with Gasteiger partial charge in [-0.3, -0.25) is 4.72 Å². The van der Waals surface area contributed by atoms with Gasteiger partial charge in [0.15, 0.2) is 0 Å².